The van der Waals surface area contributed by atoms with Gasteiger partial charge in [0.25, 0.3) is 0 Å². The number of halogens is 2. The number of ether oxygens (including phenoxy) is 1. The Morgan fingerprint density at radius 3 is 2.70 bits per heavy atom. The molecule has 104 valence electrons. The van der Waals surface area contributed by atoms with E-state index in [1.807, 2.05) is 0 Å². The van der Waals surface area contributed by atoms with E-state index in [0.717, 1.165) is 30.0 Å². The zero-order valence-electron chi connectivity index (χ0n) is 10.5. The highest BCUT2D eigenvalue weighted by Gasteiger charge is 2.17. The molecule has 0 radical (unpaired) electrons. The van der Waals surface area contributed by atoms with Crippen LogP contribution in [0.1, 0.15) is 10.4 Å². The molecule has 0 aliphatic carbocycles. The van der Waals surface area contributed by atoms with Gasteiger partial charge >= 0.3 is 5.97 Å². The van der Waals surface area contributed by atoms with Crippen molar-refractivity contribution in [2.24, 2.45) is 0 Å². The SMILES string of the molecule is COC(=O)c1cccc(N)c1Sc1cc(F)ccc1F. The summed E-state index contributed by atoms with van der Waals surface area (Å²) in [6.45, 7) is 0. The van der Waals surface area contributed by atoms with E-state index in [0.29, 0.717) is 10.6 Å². The van der Waals surface area contributed by atoms with Crippen molar-refractivity contribution in [2.45, 2.75) is 9.79 Å². The standard InChI is InChI=1S/C14H11F2NO2S/c1-19-14(18)9-3-2-4-11(17)13(9)20-12-7-8(15)5-6-10(12)16/h2-7H,17H2,1H3. The van der Waals surface area contributed by atoms with Crippen LogP contribution in [0.5, 0.6) is 0 Å². The molecular formula is C14H11F2NO2S. The first-order chi connectivity index (χ1) is 9.52. The summed E-state index contributed by atoms with van der Waals surface area (Å²) in [6.07, 6.45) is 0. The first-order valence-electron chi connectivity index (χ1n) is 5.62. The molecule has 2 aromatic carbocycles. The van der Waals surface area contributed by atoms with Crippen LogP contribution in [0, 0.1) is 11.6 Å². The minimum absolute atomic E-state index is 0.0491. The van der Waals surface area contributed by atoms with Crippen LogP contribution in [0.4, 0.5) is 14.5 Å². The highest BCUT2D eigenvalue weighted by atomic mass is 32.2. The van der Waals surface area contributed by atoms with Gasteiger partial charge in [0.15, 0.2) is 0 Å². The number of hydrogen-bond donors (Lipinski definition) is 1. The molecule has 2 N–H and O–H groups in total. The summed E-state index contributed by atoms with van der Waals surface area (Å²) in [5.74, 6) is -1.74. The largest absolute Gasteiger partial charge is 0.465 e. The van der Waals surface area contributed by atoms with Crippen LogP contribution in [0.25, 0.3) is 0 Å². The zero-order chi connectivity index (χ0) is 14.7. The van der Waals surface area contributed by atoms with Crippen molar-refractivity contribution in [3.05, 3.63) is 53.6 Å². The minimum atomic E-state index is -0.588. The summed E-state index contributed by atoms with van der Waals surface area (Å²) in [5, 5.41) is 0. The van der Waals surface area contributed by atoms with Crippen LogP contribution in [0.3, 0.4) is 0 Å². The summed E-state index contributed by atoms with van der Waals surface area (Å²) in [7, 11) is 1.24. The van der Waals surface area contributed by atoms with E-state index in [4.69, 9.17) is 5.73 Å². The molecule has 0 fully saturated rings. The number of rotatable bonds is 3. The van der Waals surface area contributed by atoms with Crippen LogP contribution in [0.2, 0.25) is 0 Å². The maximum absolute atomic E-state index is 13.7. The van der Waals surface area contributed by atoms with Crippen LogP contribution < -0.4 is 5.73 Å². The molecule has 3 nitrogen and oxygen atoms in total. The molecule has 2 aromatic rings. The lowest BCUT2D eigenvalue weighted by molar-refractivity contribution is 0.0597. The molecule has 0 saturated carbocycles. The third-order valence-electron chi connectivity index (χ3n) is 2.56. The Morgan fingerprint density at radius 2 is 2.00 bits per heavy atom. The fourth-order valence-corrected chi connectivity index (χ4v) is 2.61. The van der Waals surface area contributed by atoms with Crippen LogP contribution >= 0.6 is 11.8 Å². The van der Waals surface area contributed by atoms with Gasteiger partial charge in [0, 0.05) is 10.6 Å². The van der Waals surface area contributed by atoms with Crippen LogP contribution in [-0.4, -0.2) is 13.1 Å². The summed E-state index contributed by atoms with van der Waals surface area (Å²) >= 11 is 0.884. The summed E-state index contributed by atoms with van der Waals surface area (Å²) < 4.78 is 31.5. The van der Waals surface area contributed by atoms with E-state index in [1.165, 1.54) is 13.2 Å². The zero-order valence-corrected chi connectivity index (χ0v) is 11.3. The lowest BCUT2D eigenvalue weighted by atomic mass is 10.2. The van der Waals surface area contributed by atoms with Gasteiger partial charge in [-0.1, -0.05) is 17.8 Å². The van der Waals surface area contributed by atoms with Crippen molar-refractivity contribution in [2.75, 3.05) is 12.8 Å². The minimum Gasteiger partial charge on any atom is -0.465 e. The highest BCUT2D eigenvalue weighted by molar-refractivity contribution is 7.99. The Labute approximate surface area is 118 Å². The number of benzene rings is 2. The molecule has 20 heavy (non-hydrogen) atoms. The number of nitrogens with two attached hydrogens (primary N) is 1. The predicted octanol–water partition coefficient (Wildman–Crippen LogP) is 3.48. The highest BCUT2D eigenvalue weighted by Crippen LogP contribution is 2.36. The van der Waals surface area contributed by atoms with E-state index >= 15 is 0 Å². The van der Waals surface area contributed by atoms with Gasteiger partial charge in [-0.05, 0) is 30.3 Å². The fourth-order valence-electron chi connectivity index (χ4n) is 1.60. The lowest BCUT2D eigenvalue weighted by Crippen LogP contribution is -2.05. The summed E-state index contributed by atoms with van der Waals surface area (Å²) in [4.78, 5) is 12.1. The smallest absolute Gasteiger partial charge is 0.339 e. The molecule has 0 aliphatic heterocycles. The number of carbonyl (C=O) groups is 1. The maximum atomic E-state index is 13.7. The molecule has 0 heterocycles. The normalized spacial score (nSPS) is 10.3. The molecule has 0 aliphatic rings. The van der Waals surface area contributed by atoms with E-state index < -0.39 is 17.6 Å². The number of methoxy groups -OCH3 is 1. The van der Waals surface area contributed by atoms with E-state index in [2.05, 4.69) is 4.74 Å². The summed E-state index contributed by atoms with van der Waals surface area (Å²) in [5.41, 5.74) is 6.31. The fraction of sp³-hybridized carbons (Fsp3) is 0.0714. The van der Waals surface area contributed by atoms with Gasteiger partial charge in [-0.15, -0.1) is 0 Å². The van der Waals surface area contributed by atoms with Gasteiger partial charge in [0.05, 0.1) is 17.6 Å². The molecule has 2 rings (SSSR count). The Balaban J connectivity index is 2.47. The molecule has 0 aromatic heterocycles. The number of esters is 1. The molecule has 0 spiro atoms. The topological polar surface area (TPSA) is 52.3 Å². The van der Waals surface area contributed by atoms with Crippen molar-refractivity contribution in [3.63, 3.8) is 0 Å². The Bertz CT molecular complexity index is 662. The molecule has 0 unspecified atom stereocenters. The monoisotopic (exact) mass is 295 g/mol. The number of carbonyl (C=O) groups excluding carboxylic acids is 1. The first-order valence-corrected chi connectivity index (χ1v) is 6.44. The van der Waals surface area contributed by atoms with Gasteiger partial charge in [0.2, 0.25) is 0 Å². The third-order valence-corrected chi connectivity index (χ3v) is 3.75. The Hall–Kier alpha value is -2.08. The maximum Gasteiger partial charge on any atom is 0.339 e. The van der Waals surface area contributed by atoms with Crippen molar-refractivity contribution >= 4 is 23.4 Å². The van der Waals surface area contributed by atoms with E-state index in [9.17, 15) is 13.6 Å². The summed E-state index contributed by atoms with van der Waals surface area (Å²) in [6, 6.07) is 7.78. The molecule has 0 bridgehead atoms. The Kier molecular flexibility index (Phi) is 4.24. The Morgan fingerprint density at radius 1 is 1.25 bits per heavy atom. The third kappa shape index (κ3) is 2.91. The second-order valence-electron chi connectivity index (χ2n) is 3.89. The molecular weight excluding hydrogens is 284 g/mol. The number of nitrogen functional groups attached to an aromatic ring is 1. The quantitative estimate of drug-likeness (QED) is 0.695. The second-order valence-corrected chi connectivity index (χ2v) is 4.94. The first kappa shape index (κ1) is 14.3. The van der Waals surface area contributed by atoms with Crippen LogP contribution in [-0.2, 0) is 4.74 Å². The van der Waals surface area contributed by atoms with E-state index in [1.54, 1.807) is 12.1 Å². The van der Waals surface area contributed by atoms with Crippen molar-refractivity contribution in [1.29, 1.82) is 0 Å². The van der Waals surface area contributed by atoms with Crippen molar-refractivity contribution < 1.29 is 18.3 Å². The predicted molar refractivity (Wildman–Crippen MR) is 72.7 cm³/mol. The molecule has 6 heteroatoms. The van der Waals surface area contributed by atoms with Gasteiger partial charge in [0.1, 0.15) is 11.6 Å². The van der Waals surface area contributed by atoms with Gasteiger partial charge in [-0.25, -0.2) is 13.6 Å². The second kappa shape index (κ2) is 5.92. The van der Waals surface area contributed by atoms with E-state index in [-0.39, 0.29) is 10.5 Å². The van der Waals surface area contributed by atoms with Gasteiger partial charge in [-0.3, -0.25) is 0 Å². The number of hydrogen-bond acceptors (Lipinski definition) is 4. The van der Waals surface area contributed by atoms with Crippen molar-refractivity contribution in [3.8, 4) is 0 Å². The molecule has 0 atom stereocenters. The molecule has 0 amide bonds. The lowest BCUT2D eigenvalue weighted by Gasteiger charge is -2.11. The molecule has 0 saturated heterocycles. The average Bonchev–Trinajstić information content (AvgIpc) is 2.44. The van der Waals surface area contributed by atoms with Gasteiger partial charge < -0.3 is 10.5 Å². The van der Waals surface area contributed by atoms with Gasteiger partial charge in [-0.2, -0.15) is 0 Å². The van der Waals surface area contributed by atoms with Crippen molar-refractivity contribution in [1.82, 2.24) is 0 Å². The average molecular weight is 295 g/mol. The number of anilines is 1. The van der Waals surface area contributed by atoms with Crippen LogP contribution in [0.15, 0.2) is 46.2 Å².